The van der Waals surface area contributed by atoms with Crippen LogP contribution in [0, 0.1) is 17.8 Å². The van der Waals surface area contributed by atoms with Crippen LogP contribution in [0.4, 0.5) is 0 Å². The smallest absolute Gasteiger partial charge is 0.218 e. The standard InChI is InChI=1S/C14H11ClO4/c15-7-3-1-6(2-4-7)12(16)10-9-8-5-18-14(19-8)13(17)11(9)10/h1-4,8-11,14H,5H2/t8-,9-,10-,11+,14+/m0/s1. The van der Waals surface area contributed by atoms with Crippen LogP contribution in [0.5, 0.6) is 0 Å². The number of benzene rings is 1. The van der Waals surface area contributed by atoms with Crippen molar-refractivity contribution in [1.29, 1.82) is 0 Å². The molecular formula is C14H11ClO4. The zero-order valence-electron chi connectivity index (χ0n) is 9.91. The Labute approximate surface area is 114 Å². The number of hydrogen-bond acceptors (Lipinski definition) is 4. The first-order valence-electron chi connectivity index (χ1n) is 6.27. The number of fused-ring (bicyclic) bond motifs is 4. The average Bonchev–Trinajstić information content (AvgIpc) is 3.02. The first-order chi connectivity index (χ1) is 9.16. The van der Waals surface area contributed by atoms with Crippen molar-refractivity contribution in [3.05, 3.63) is 34.9 Å². The van der Waals surface area contributed by atoms with E-state index in [1.54, 1.807) is 24.3 Å². The molecule has 0 amide bonds. The molecule has 5 heteroatoms. The van der Waals surface area contributed by atoms with Gasteiger partial charge in [0.2, 0.25) is 6.29 Å². The third kappa shape index (κ3) is 1.60. The van der Waals surface area contributed by atoms with Crippen LogP contribution in [0.1, 0.15) is 10.4 Å². The van der Waals surface area contributed by atoms with Crippen LogP contribution in [0.2, 0.25) is 5.02 Å². The summed E-state index contributed by atoms with van der Waals surface area (Å²) in [6.07, 6.45) is -0.844. The summed E-state index contributed by atoms with van der Waals surface area (Å²) >= 11 is 5.81. The molecule has 2 aliphatic heterocycles. The Balaban J connectivity index is 1.60. The van der Waals surface area contributed by atoms with Crippen LogP contribution in [0.15, 0.2) is 24.3 Å². The molecule has 1 aromatic rings. The summed E-state index contributed by atoms with van der Waals surface area (Å²) in [5, 5.41) is 0.594. The molecule has 0 radical (unpaired) electrons. The largest absolute Gasteiger partial charge is 0.343 e. The molecule has 4 rings (SSSR count). The molecule has 0 N–H and O–H groups in total. The second kappa shape index (κ2) is 3.88. The van der Waals surface area contributed by atoms with Gasteiger partial charge in [0.05, 0.1) is 12.7 Å². The molecule has 0 aromatic heterocycles. The Bertz CT molecular complexity index is 567. The number of carbonyl (C=O) groups excluding carboxylic acids is 2. The molecule has 2 saturated heterocycles. The lowest BCUT2D eigenvalue weighted by atomic mass is 10.0. The van der Waals surface area contributed by atoms with Gasteiger partial charge >= 0.3 is 0 Å². The average molecular weight is 279 g/mol. The number of halogens is 1. The number of ether oxygens (including phenoxy) is 2. The third-order valence-electron chi connectivity index (χ3n) is 4.21. The van der Waals surface area contributed by atoms with Gasteiger partial charge in [-0.1, -0.05) is 11.6 Å². The minimum Gasteiger partial charge on any atom is -0.343 e. The first-order valence-corrected chi connectivity index (χ1v) is 6.65. The highest BCUT2D eigenvalue weighted by atomic mass is 35.5. The topological polar surface area (TPSA) is 52.6 Å². The minimum atomic E-state index is -0.741. The van der Waals surface area contributed by atoms with Crippen molar-refractivity contribution < 1.29 is 19.1 Å². The zero-order valence-corrected chi connectivity index (χ0v) is 10.7. The maximum atomic E-state index is 12.4. The minimum absolute atomic E-state index is 0.00516. The summed E-state index contributed by atoms with van der Waals surface area (Å²) in [5.74, 6) is -0.529. The lowest BCUT2D eigenvalue weighted by Crippen LogP contribution is -2.30. The van der Waals surface area contributed by atoms with Crippen LogP contribution in [-0.2, 0) is 14.3 Å². The van der Waals surface area contributed by atoms with E-state index >= 15 is 0 Å². The molecule has 98 valence electrons. The number of rotatable bonds is 2. The van der Waals surface area contributed by atoms with Gasteiger partial charge in [0.1, 0.15) is 0 Å². The summed E-state index contributed by atoms with van der Waals surface area (Å²) in [7, 11) is 0. The molecule has 3 aliphatic rings. The van der Waals surface area contributed by atoms with Crippen LogP contribution in [0.25, 0.3) is 0 Å². The Morgan fingerprint density at radius 2 is 2.00 bits per heavy atom. The summed E-state index contributed by atoms with van der Waals surface area (Å²) in [6, 6.07) is 6.78. The third-order valence-corrected chi connectivity index (χ3v) is 4.46. The summed E-state index contributed by atoms with van der Waals surface area (Å²) < 4.78 is 10.7. The van der Waals surface area contributed by atoms with E-state index in [0.717, 1.165) is 0 Å². The zero-order chi connectivity index (χ0) is 13.1. The second-order valence-corrected chi connectivity index (χ2v) is 5.68. The summed E-state index contributed by atoms with van der Waals surface area (Å²) in [4.78, 5) is 24.4. The van der Waals surface area contributed by atoms with Crippen molar-refractivity contribution in [3.8, 4) is 0 Å². The summed E-state index contributed by atoms with van der Waals surface area (Å²) in [5.41, 5.74) is 0.605. The van der Waals surface area contributed by atoms with Crippen molar-refractivity contribution in [1.82, 2.24) is 0 Å². The van der Waals surface area contributed by atoms with Crippen LogP contribution in [0.3, 0.4) is 0 Å². The van der Waals surface area contributed by atoms with Crippen LogP contribution >= 0.6 is 11.6 Å². The van der Waals surface area contributed by atoms with Gasteiger partial charge in [-0.05, 0) is 24.3 Å². The van der Waals surface area contributed by atoms with Crippen molar-refractivity contribution in [2.45, 2.75) is 12.4 Å². The van der Waals surface area contributed by atoms with Gasteiger partial charge in [-0.2, -0.15) is 0 Å². The predicted molar refractivity (Wildman–Crippen MR) is 65.9 cm³/mol. The van der Waals surface area contributed by atoms with E-state index in [1.165, 1.54) is 0 Å². The number of hydrogen-bond donors (Lipinski definition) is 0. The highest BCUT2D eigenvalue weighted by Crippen LogP contribution is 2.57. The van der Waals surface area contributed by atoms with Gasteiger partial charge < -0.3 is 9.47 Å². The lowest BCUT2D eigenvalue weighted by molar-refractivity contribution is -0.153. The molecule has 0 spiro atoms. The van der Waals surface area contributed by atoms with E-state index in [-0.39, 0.29) is 35.4 Å². The number of Topliss-reactive ketones (excluding diaryl/α,β-unsaturated/α-hetero) is 2. The van der Waals surface area contributed by atoms with E-state index in [0.29, 0.717) is 17.2 Å². The Morgan fingerprint density at radius 1 is 1.26 bits per heavy atom. The fourth-order valence-electron chi connectivity index (χ4n) is 3.24. The van der Waals surface area contributed by atoms with Crippen molar-refractivity contribution in [2.75, 3.05) is 6.61 Å². The highest BCUT2D eigenvalue weighted by Gasteiger charge is 2.68. The maximum absolute atomic E-state index is 12.4. The van der Waals surface area contributed by atoms with E-state index in [4.69, 9.17) is 21.1 Å². The second-order valence-electron chi connectivity index (χ2n) is 5.24. The molecule has 2 bridgehead atoms. The molecule has 5 atom stereocenters. The van der Waals surface area contributed by atoms with Gasteiger partial charge in [0.25, 0.3) is 0 Å². The first kappa shape index (κ1) is 11.6. The Morgan fingerprint density at radius 3 is 2.74 bits per heavy atom. The van der Waals surface area contributed by atoms with Crippen LogP contribution < -0.4 is 0 Å². The molecule has 3 fully saturated rings. The van der Waals surface area contributed by atoms with E-state index in [1.807, 2.05) is 0 Å². The molecule has 4 nitrogen and oxygen atoms in total. The molecule has 2 heterocycles. The SMILES string of the molecule is O=C(c1ccc(Cl)cc1)[C@@H]1[C@@H]2C(=O)[C@@H]3OC[C@H](O3)[C@@H]12. The molecule has 1 aliphatic carbocycles. The Kier molecular flexibility index (Phi) is 2.37. The molecule has 0 unspecified atom stereocenters. The predicted octanol–water partition coefficient (Wildman–Crippen LogP) is 1.71. The highest BCUT2D eigenvalue weighted by molar-refractivity contribution is 6.30. The molecular weight excluding hydrogens is 268 g/mol. The van der Waals surface area contributed by atoms with Crippen LogP contribution in [-0.4, -0.2) is 30.6 Å². The lowest BCUT2D eigenvalue weighted by Gasteiger charge is -2.14. The molecule has 1 saturated carbocycles. The van der Waals surface area contributed by atoms with Gasteiger partial charge in [0.15, 0.2) is 11.6 Å². The normalized spacial score (nSPS) is 39.0. The van der Waals surface area contributed by atoms with Gasteiger partial charge in [-0.25, -0.2) is 0 Å². The monoisotopic (exact) mass is 278 g/mol. The van der Waals surface area contributed by atoms with Gasteiger partial charge in [0, 0.05) is 28.3 Å². The quantitative estimate of drug-likeness (QED) is 0.773. The van der Waals surface area contributed by atoms with Crippen molar-refractivity contribution in [3.63, 3.8) is 0 Å². The fourth-order valence-corrected chi connectivity index (χ4v) is 3.36. The molecule has 19 heavy (non-hydrogen) atoms. The number of ketones is 2. The molecule has 1 aromatic carbocycles. The van der Waals surface area contributed by atoms with E-state index in [9.17, 15) is 9.59 Å². The fraction of sp³-hybridized carbons (Fsp3) is 0.429. The maximum Gasteiger partial charge on any atom is 0.218 e. The van der Waals surface area contributed by atoms with E-state index < -0.39 is 6.29 Å². The Hall–Kier alpha value is -1.23. The van der Waals surface area contributed by atoms with Crippen molar-refractivity contribution in [2.24, 2.45) is 17.8 Å². The van der Waals surface area contributed by atoms with E-state index in [2.05, 4.69) is 0 Å². The van der Waals surface area contributed by atoms with Gasteiger partial charge in [-0.3, -0.25) is 9.59 Å². The van der Waals surface area contributed by atoms with Gasteiger partial charge in [-0.15, -0.1) is 0 Å². The number of carbonyl (C=O) groups is 2. The van der Waals surface area contributed by atoms with Crippen molar-refractivity contribution >= 4 is 23.2 Å². The summed E-state index contributed by atoms with van der Waals surface area (Å²) in [6.45, 7) is 0.419.